The molecular weight excluding hydrogens is 337 g/mol. The first-order valence-corrected chi connectivity index (χ1v) is 8.02. The Morgan fingerprint density at radius 3 is 2.78 bits per heavy atom. The van der Waals surface area contributed by atoms with Gasteiger partial charge in [-0.15, -0.1) is 12.4 Å². The SMILES string of the molecule is CC1CNCCN1C(=O)C1CC(=O)N(c2ccccc2Cl)C1.Cl. The van der Waals surface area contributed by atoms with E-state index >= 15 is 0 Å². The third-order valence-corrected chi connectivity index (χ3v) is 4.72. The summed E-state index contributed by atoms with van der Waals surface area (Å²) in [5.41, 5.74) is 0.692. The van der Waals surface area contributed by atoms with Gasteiger partial charge in [0.1, 0.15) is 0 Å². The summed E-state index contributed by atoms with van der Waals surface area (Å²) >= 11 is 6.17. The number of carbonyl (C=O) groups is 2. The minimum atomic E-state index is -0.274. The molecule has 0 saturated carbocycles. The molecule has 0 spiro atoms. The van der Waals surface area contributed by atoms with Crippen molar-refractivity contribution in [3.63, 3.8) is 0 Å². The van der Waals surface area contributed by atoms with E-state index in [9.17, 15) is 9.59 Å². The third kappa shape index (κ3) is 3.62. The molecule has 2 aliphatic heterocycles. The maximum absolute atomic E-state index is 12.7. The number of carbonyl (C=O) groups excluding carboxylic acids is 2. The number of benzene rings is 1. The maximum Gasteiger partial charge on any atom is 0.228 e. The molecule has 0 aliphatic carbocycles. The van der Waals surface area contributed by atoms with E-state index in [-0.39, 0.29) is 42.6 Å². The molecule has 2 heterocycles. The number of piperazine rings is 1. The molecule has 126 valence electrons. The van der Waals surface area contributed by atoms with Crippen molar-refractivity contribution in [2.24, 2.45) is 5.92 Å². The second kappa shape index (κ2) is 7.51. The van der Waals surface area contributed by atoms with Crippen molar-refractivity contribution in [3.05, 3.63) is 29.3 Å². The highest BCUT2D eigenvalue weighted by Gasteiger charge is 2.39. The van der Waals surface area contributed by atoms with Gasteiger partial charge in [-0.05, 0) is 19.1 Å². The molecule has 2 unspecified atom stereocenters. The van der Waals surface area contributed by atoms with Crippen molar-refractivity contribution in [2.75, 3.05) is 31.1 Å². The van der Waals surface area contributed by atoms with Gasteiger partial charge in [-0.3, -0.25) is 9.59 Å². The van der Waals surface area contributed by atoms with Gasteiger partial charge in [0, 0.05) is 38.6 Å². The number of nitrogens with one attached hydrogen (secondary N) is 1. The summed E-state index contributed by atoms with van der Waals surface area (Å²) in [6, 6.07) is 7.43. The molecule has 0 radical (unpaired) electrons. The standard InChI is InChI=1S/C16H20ClN3O2.ClH/c1-11-9-18-6-7-19(11)16(22)12-8-15(21)20(10-12)14-5-3-2-4-13(14)17;/h2-5,11-12,18H,6-10H2,1H3;1H. The maximum atomic E-state index is 12.7. The molecule has 2 fully saturated rings. The zero-order chi connectivity index (χ0) is 15.7. The molecule has 3 rings (SSSR count). The van der Waals surface area contributed by atoms with Gasteiger partial charge < -0.3 is 15.1 Å². The normalized spacial score (nSPS) is 24.5. The number of halogens is 2. The Kier molecular flexibility index (Phi) is 5.89. The highest BCUT2D eigenvalue weighted by Crippen LogP contribution is 2.31. The van der Waals surface area contributed by atoms with E-state index in [4.69, 9.17) is 11.6 Å². The smallest absolute Gasteiger partial charge is 0.228 e. The molecule has 2 saturated heterocycles. The van der Waals surface area contributed by atoms with Crippen LogP contribution < -0.4 is 10.2 Å². The predicted molar refractivity (Wildman–Crippen MR) is 93.2 cm³/mol. The van der Waals surface area contributed by atoms with E-state index in [1.807, 2.05) is 30.0 Å². The molecule has 2 amide bonds. The first-order valence-electron chi connectivity index (χ1n) is 7.64. The minimum Gasteiger partial charge on any atom is -0.337 e. The van der Waals surface area contributed by atoms with Gasteiger partial charge in [-0.2, -0.15) is 0 Å². The van der Waals surface area contributed by atoms with Crippen LogP contribution in [0.15, 0.2) is 24.3 Å². The zero-order valence-electron chi connectivity index (χ0n) is 13.0. The van der Waals surface area contributed by atoms with E-state index in [0.29, 0.717) is 23.8 Å². The Labute approximate surface area is 147 Å². The van der Waals surface area contributed by atoms with Crippen LogP contribution >= 0.6 is 24.0 Å². The second-order valence-electron chi connectivity index (χ2n) is 5.94. The van der Waals surface area contributed by atoms with Crippen LogP contribution in [0, 0.1) is 5.92 Å². The highest BCUT2D eigenvalue weighted by molar-refractivity contribution is 6.33. The summed E-state index contributed by atoms with van der Waals surface area (Å²) in [6.45, 7) is 4.77. The average molecular weight is 358 g/mol. The molecule has 0 aromatic heterocycles. The van der Waals surface area contributed by atoms with E-state index < -0.39 is 0 Å². The fourth-order valence-corrected chi connectivity index (χ4v) is 3.42. The number of para-hydroxylation sites is 1. The monoisotopic (exact) mass is 357 g/mol. The van der Waals surface area contributed by atoms with E-state index in [1.165, 1.54) is 0 Å². The Morgan fingerprint density at radius 1 is 1.35 bits per heavy atom. The van der Waals surface area contributed by atoms with Gasteiger partial charge in [0.25, 0.3) is 0 Å². The number of amides is 2. The Balaban J connectivity index is 0.00000192. The summed E-state index contributed by atoms with van der Waals surface area (Å²) in [5.74, 6) is -0.226. The van der Waals surface area contributed by atoms with Crippen molar-refractivity contribution >= 4 is 41.5 Å². The van der Waals surface area contributed by atoms with Crippen LogP contribution in [0.3, 0.4) is 0 Å². The van der Waals surface area contributed by atoms with Crippen LogP contribution in [-0.2, 0) is 9.59 Å². The molecule has 2 atom stereocenters. The number of hydrogen-bond acceptors (Lipinski definition) is 3. The van der Waals surface area contributed by atoms with Crippen LogP contribution in [0.5, 0.6) is 0 Å². The molecule has 2 aliphatic rings. The summed E-state index contributed by atoms with van der Waals surface area (Å²) in [6.07, 6.45) is 0.265. The lowest BCUT2D eigenvalue weighted by Gasteiger charge is -2.35. The lowest BCUT2D eigenvalue weighted by atomic mass is 10.1. The average Bonchev–Trinajstić information content (AvgIpc) is 2.89. The Bertz CT molecular complexity index is 596. The Morgan fingerprint density at radius 2 is 2.09 bits per heavy atom. The molecule has 1 aromatic rings. The Hall–Kier alpha value is -1.30. The fourth-order valence-electron chi connectivity index (χ4n) is 3.18. The largest absolute Gasteiger partial charge is 0.337 e. The van der Waals surface area contributed by atoms with Gasteiger partial charge in [0.15, 0.2) is 0 Å². The summed E-state index contributed by atoms with van der Waals surface area (Å²) in [5, 5.41) is 3.81. The second-order valence-corrected chi connectivity index (χ2v) is 6.35. The lowest BCUT2D eigenvalue weighted by Crippen LogP contribution is -2.54. The van der Waals surface area contributed by atoms with Gasteiger partial charge >= 0.3 is 0 Å². The molecule has 7 heteroatoms. The number of anilines is 1. The third-order valence-electron chi connectivity index (χ3n) is 4.40. The summed E-state index contributed by atoms with van der Waals surface area (Å²) in [7, 11) is 0. The van der Waals surface area contributed by atoms with Crippen LogP contribution in [-0.4, -0.2) is 48.9 Å². The minimum absolute atomic E-state index is 0. The van der Waals surface area contributed by atoms with Crippen LogP contribution in [0.4, 0.5) is 5.69 Å². The van der Waals surface area contributed by atoms with E-state index in [1.54, 1.807) is 11.0 Å². The lowest BCUT2D eigenvalue weighted by molar-refractivity contribution is -0.138. The molecule has 1 N–H and O–H groups in total. The van der Waals surface area contributed by atoms with Crippen molar-refractivity contribution < 1.29 is 9.59 Å². The van der Waals surface area contributed by atoms with Gasteiger partial charge in [-0.1, -0.05) is 23.7 Å². The number of rotatable bonds is 2. The molecule has 5 nitrogen and oxygen atoms in total. The zero-order valence-corrected chi connectivity index (χ0v) is 14.6. The topological polar surface area (TPSA) is 52.7 Å². The van der Waals surface area contributed by atoms with E-state index in [0.717, 1.165) is 13.1 Å². The highest BCUT2D eigenvalue weighted by atomic mass is 35.5. The van der Waals surface area contributed by atoms with Crippen LogP contribution in [0.25, 0.3) is 0 Å². The molecule has 0 bridgehead atoms. The van der Waals surface area contributed by atoms with Gasteiger partial charge in [-0.25, -0.2) is 0 Å². The van der Waals surface area contributed by atoms with Gasteiger partial charge in [0.05, 0.1) is 16.6 Å². The van der Waals surface area contributed by atoms with Crippen molar-refractivity contribution in [1.82, 2.24) is 10.2 Å². The first-order chi connectivity index (χ1) is 10.6. The van der Waals surface area contributed by atoms with E-state index in [2.05, 4.69) is 5.32 Å². The molecule has 1 aromatic carbocycles. The quantitative estimate of drug-likeness (QED) is 0.879. The summed E-state index contributed by atoms with van der Waals surface area (Å²) in [4.78, 5) is 28.5. The number of nitrogens with zero attached hydrogens (tertiary/aromatic N) is 2. The molecular formula is C16H21Cl2N3O2. The van der Waals surface area contributed by atoms with Crippen molar-refractivity contribution in [1.29, 1.82) is 0 Å². The first kappa shape index (κ1) is 18.0. The van der Waals surface area contributed by atoms with Crippen LogP contribution in [0.2, 0.25) is 5.02 Å². The van der Waals surface area contributed by atoms with Crippen molar-refractivity contribution in [2.45, 2.75) is 19.4 Å². The van der Waals surface area contributed by atoms with Crippen molar-refractivity contribution in [3.8, 4) is 0 Å². The van der Waals surface area contributed by atoms with Crippen LogP contribution in [0.1, 0.15) is 13.3 Å². The molecule has 23 heavy (non-hydrogen) atoms. The summed E-state index contributed by atoms with van der Waals surface area (Å²) < 4.78 is 0. The number of hydrogen-bond donors (Lipinski definition) is 1. The predicted octanol–water partition coefficient (Wildman–Crippen LogP) is 1.94. The fraction of sp³-hybridized carbons (Fsp3) is 0.500. The van der Waals surface area contributed by atoms with Gasteiger partial charge in [0.2, 0.25) is 11.8 Å².